The molecule has 0 radical (unpaired) electrons. The van der Waals surface area contributed by atoms with Gasteiger partial charge in [0.2, 0.25) is 5.91 Å². The van der Waals surface area contributed by atoms with Gasteiger partial charge in [-0.1, -0.05) is 13.8 Å². The second-order valence-corrected chi connectivity index (χ2v) is 3.71. The van der Waals surface area contributed by atoms with Crippen LogP contribution >= 0.6 is 0 Å². The standard InChI is InChI=1S/C9H17NO4/c1-5(2)4-7(11)8(12)10-6(3)9(13)14/h5-7,11H,4H2,1-3H3,(H,10,12)(H,13,14)/t6-,7-/m0/s1. The summed E-state index contributed by atoms with van der Waals surface area (Å²) in [4.78, 5) is 21.6. The van der Waals surface area contributed by atoms with Crippen LogP contribution in [-0.2, 0) is 9.59 Å². The van der Waals surface area contributed by atoms with Crippen LogP contribution in [0, 0.1) is 5.92 Å². The quantitative estimate of drug-likeness (QED) is 0.586. The third kappa shape index (κ3) is 4.81. The smallest absolute Gasteiger partial charge is 0.325 e. The molecule has 0 aliphatic heterocycles. The first kappa shape index (κ1) is 12.9. The summed E-state index contributed by atoms with van der Waals surface area (Å²) in [7, 11) is 0. The molecule has 0 saturated heterocycles. The summed E-state index contributed by atoms with van der Waals surface area (Å²) >= 11 is 0. The predicted molar refractivity (Wildman–Crippen MR) is 50.7 cm³/mol. The summed E-state index contributed by atoms with van der Waals surface area (Å²) in [6.07, 6.45) is -0.796. The second kappa shape index (κ2) is 5.59. The van der Waals surface area contributed by atoms with Crippen molar-refractivity contribution in [1.82, 2.24) is 5.32 Å². The van der Waals surface area contributed by atoms with Gasteiger partial charge in [0.1, 0.15) is 12.1 Å². The molecule has 0 heterocycles. The van der Waals surface area contributed by atoms with Gasteiger partial charge in [0.15, 0.2) is 0 Å². The van der Waals surface area contributed by atoms with Crippen molar-refractivity contribution in [3.05, 3.63) is 0 Å². The number of aliphatic hydroxyl groups excluding tert-OH is 1. The molecule has 3 N–H and O–H groups in total. The number of nitrogens with one attached hydrogen (secondary N) is 1. The van der Waals surface area contributed by atoms with E-state index in [0.717, 1.165) is 0 Å². The van der Waals surface area contributed by atoms with Crippen molar-refractivity contribution in [1.29, 1.82) is 0 Å². The van der Waals surface area contributed by atoms with Gasteiger partial charge in [0.25, 0.3) is 0 Å². The van der Waals surface area contributed by atoms with Crippen LogP contribution in [0.25, 0.3) is 0 Å². The molecule has 0 aromatic heterocycles. The van der Waals surface area contributed by atoms with Gasteiger partial charge in [0, 0.05) is 0 Å². The molecule has 0 aliphatic rings. The van der Waals surface area contributed by atoms with Crippen molar-refractivity contribution in [3.8, 4) is 0 Å². The van der Waals surface area contributed by atoms with Crippen molar-refractivity contribution >= 4 is 11.9 Å². The summed E-state index contributed by atoms with van der Waals surface area (Å²) < 4.78 is 0. The molecule has 14 heavy (non-hydrogen) atoms. The summed E-state index contributed by atoms with van der Waals surface area (Å²) in [6.45, 7) is 5.09. The van der Waals surface area contributed by atoms with Gasteiger partial charge in [-0.25, -0.2) is 0 Å². The van der Waals surface area contributed by atoms with Crippen LogP contribution in [0.4, 0.5) is 0 Å². The van der Waals surface area contributed by atoms with Gasteiger partial charge in [-0.15, -0.1) is 0 Å². The Hall–Kier alpha value is -1.10. The third-order valence-corrected chi connectivity index (χ3v) is 1.73. The van der Waals surface area contributed by atoms with E-state index in [1.165, 1.54) is 6.92 Å². The zero-order valence-electron chi connectivity index (χ0n) is 8.65. The fraction of sp³-hybridized carbons (Fsp3) is 0.778. The molecule has 0 rings (SSSR count). The Morgan fingerprint density at radius 2 is 1.79 bits per heavy atom. The maximum atomic E-state index is 11.2. The number of carboxylic acids is 1. The number of amides is 1. The molecular formula is C9H17NO4. The molecule has 0 fully saturated rings. The molecule has 1 amide bonds. The van der Waals surface area contributed by atoms with Crippen molar-refractivity contribution < 1.29 is 19.8 Å². The van der Waals surface area contributed by atoms with E-state index in [1.807, 2.05) is 13.8 Å². The maximum Gasteiger partial charge on any atom is 0.325 e. The largest absolute Gasteiger partial charge is 0.480 e. The fourth-order valence-electron chi connectivity index (χ4n) is 0.925. The van der Waals surface area contributed by atoms with Crippen LogP contribution in [0.3, 0.4) is 0 Å². The van der Waals surface area contributed by atoms with Crippen molar-refractivity contribution in [2.24, 2.45) is 5.92 Å². The minimum atomic E-state index is -1.13. The molecule has 0 aromatic carbocycles. The number of carbonyl (C=O) groups excluding carboxylic acids is 1. The highest BCUT2D eigenvalue weighted by Crippen LogP contribution is 2.04. The van der Waals surface area contributed by atoms with E-state index in [2.05, 4.69) is 5.32 Å². The fourth-order valence-corrected chi connectivity index (χ4v) is 0.925. The van der Waals surface area contributed by atoms with Crippen molar-refractivity contribution in [2.45, 2.75) is 39.3 Å². The van der Waals surface area contributed by atoms with Crippen LogP contribution < -0.4 is 5.32 Å². The maximum absolute atomic E-state index is 11.2. The zero-order valence-corrected chi connectivity index (χ0v) is 8.65. The van der Waals surface area contributed by atoms with E-state index in [1.54, 1.807) is 0 Å². The molecule has 82 valence electrons. The predicted octanol–water partition coefficient (Wildman–Crippen LogP) is -0.0173. The molecule has 0 aliphatic carbocycles. The Kier molecular flexibility index (Phi) is 5.15. The van der Waals surface area contributed by atoms with Gasteiger partial charge in [0.05, 0.1) is 0 Å². The Morgan fingerprint density at radius 3 is 2.14 bits per heavy atom. The number of carbonyl (C=O) groups is 2. The molecule has 2 atom stereocenters. The summed E-state index contributed by atoms with van der Waals surface area (Å²) in [5.41, 5.74) is 0. The topological polar surface area (TPSA) is 86.6 Å². The molecule has 0 spiro atoms. The lowest BCUT2D eigenvalue weighted by atomic mass is 10.1. The van der Waals surface area contributed by atoms with Crippen molar-refractivity contribution in [2.75, 3.05) is 0 Å². The minimum Gasteiger partial charge on any atom is -0.480 e. The molecule has 0 unspecified atom stereocenters. The average Bonchev–Trinajstić information content (AvgIpc) is 2.02. The number of hydrogen-bond acceptors (Lipinski definition) is 3. The normalized spacial score (nSPS) is 14.9. The SMILES string of the molecule is CC(C)C[C@H](O)C(=O)N[C@@H](C)C(=O)O. The summed E-state index contributed by atoms with van der Waals surface area (Å²) in [5.74, 6) is -1.56. The van der Waals surface area contributed by atoms with E-state index in [0.29, 0.717) is 6.42 Å². The van der Waals surface area contributed by atoms with Gasteiger partial charge in [-0.2, -0.15) is 0 Å². The molecule has 0 bridgehead atoms. The Bertz CT molecular complexity index is 215. The summed E-state index contributed by atoms with van der Waals surface area (Å²) in [5, 5.41) is 20.0. The molecule has 0 saturated carbocycles. The van der Waals surface area contributed by atoms with Gasteiger partial charge in [-0.05, 0) is 19.3 Å². The van der Waals surface area contributed by atoms with Gasteiger partial charge in [-0.3, -0.25) is 9.59 Å². The van der Waals surface area contributed by atoms with Crippen LogP contribution in [0.5, 0.6) is 0 Å². The number of carboxylic acid groups (broad SMARTS) is 1. The number of rotatable bonds is 5. The number of aliphatic hydroxyl groups is 1. The van der Waals surface area contributed by atoms with Crippen LogP contribution in [0.15, 0.2) is 0 Å². The van der Waals surface area contributed by atoms with E-state index in [9.17, 15) is 14.7 Å². The lowest BCUT2D eigenvalue weighted by Crippen LogP contribution is -2.44. The Balaban J connectivity index is 4.01. The second-order valence-electron chi connectivity index (χ2n) is 3.71. The first-order chi connectivity index (χ1) is 6.34. The third-order valence-electron chi connectivity index (χ3n) is 1.73. The van der Waals surface area contributed by atoms with E-state index in [-0.39, 0.29) is 5.92 Å². The highest BCUT2D eigenvalue weighted by Gasteiger charge is 2.20. The average molecular weight is 203 g/mol. The number of hydrogen-bond donors (Lipinski definition) is 3. The van der Waals surface area contributed by atoms with Gasteiger partial charge >= 0.3 is 5.97 Å². The number of aliphatic carboxylic acids is 1. The van der Waals surface area contributed by atoms with E-state index in [4.69, 9.17) is 5.11 Å². The van der Waals surface area contributed by atoms with Crippen LogP contribution in [-0.4, -0.2) is 34.2 Å². The van der Waals surface area contributed by atoms with Crippen molar-refractivity contribution in [3.63, 3.8) is 0 Å². The zero-order chi connectivity index (χ0) is 11.3. The lowest BCUT2D eigenvalue weighted by molar-refractivity contribution is -0.143. The monoisotopic (exact) mass is 203 g/mol. The molecule has 0 aromatic rings. The Morgan fingerprint density at radius 1 is 1.29 bits per heavy atom. The molecule has 5 nitrogen and oxygen atoms in total. The molecular weight excluding hydrogens is 186 g/mol. The summed E-state index contributed by atoms with van der Waals surface area (Å²) in [6, 6.07) is -0.968. The highest BCUT2D eigenvalue weighted by atomic mass is 16.4. The first-order valence-electron chi connectivity index (χ1n) is 4.55. The van der Waals surface area contributed by atoms with Crippen LogP contribution in [0.1, 0.15) is 27.2 Å². The van der Waals surface area contributed by atoms with Crippen LogP contribution in [0.2, 0.25) is 0 Å². The Labute approximate surface area is 83.1 Å². The van der Waals surface area contributed by atoms with E-state index < -0.39 is 24.0 Å². The molecule has 5 heteroatoms. The lowest BCUT2D eigenvalue weighted by Gasteiger charge is -2.15. The first-order valence-corrected chi connectivity index (χ1v) is 4.55. The van der Waals surface area contributed by atoms with Gasteiger partial charge < -0.3 is 15.5 Å². The minimum absolute atomic E-state index is 0.191. The van der Waals surface area contributed by atoms with E-state index >= 15 is 0 Å². The highest BCUT2D eigenvalue weighted by molar-refractivity contribution is 5.85.